The van der Waals surface area contributed by atoms with Gasteiger partial charge in [-0.25, -0.2) is 9.79 Å². The maximum atomic E-state index is 13.7. The lowest BCUT2D eigenvalue weighted by molar-refractivity contribution is -0.138. The highest BCUT2D eigenvalue weighted by molar-refractivity contribution is 7.07. The first-order chi connectivity index (χ1) is 17.1. The Morgan fingerprint density at radius 1 is 1.14 bits per heavy atom. The number of hydrogen-bond donors (Lipinski definition) is 0. The van der Waals surface area contributed by atoms with Crippen LogP contribution in [0.3, 0.4) is 0 Å². The molecule has 0 amide bonds. The highest BCUT2D eigenvalue weighted by Crippen LogP contribution is 2.31. The summed E-state index contributed by atoms with van der Waals surface area (Å²) in [5, 5.41) is 0. The normalized spacial score (nSPS) is 15.8. The summed E-state index contributed by atoms with van der Waals surface area (Å²) < 4.78 is 12.8. The van der Waals surface area contributed by atoms with Crippen LogP contribution in [-0.4, -0.2) is 24.3 Å². The summed E-state index contributed by atoms with van der Waals surface area (Å²) in [6.45, 7) is 12.0. The molecule has 0 saturated carbocycles. The highest BCUT2D eigenvalue weighted by Gasteiger charge is 2.33. The number of carbonyl (C=O) groups is 1. The van der Waals surface area contributed by atoms with E-state index in [1.165, 1.54) is 23.0 Å². The van der Waals surface area contributed by atoms with E-state index in [9.17, 15) is 9.59 Å². The summed E-state index contributed by atoms with van der Waals surface area (Å²) >= 11 is 1.31. The van der Waals surface area contributed by atoms with Crippen molar-refractivity contribution in [2.24, 2.45) is 4.99 Å². The summed E-state index contributed by atoms with van der Waals surface area (Å²) in [7, 11) is 1.59. The summed E-state index contributed by atoms with van der Waals surface area (Å²) in [5.74, 6) is 0.158. The average molecular weight is 503 g/mol. The zero-order valence-corrected chi connectivity index (χ0v) is 22.0. The van der Waals surface area contributed by atoms with Crippen molar-refractivity contribution in [3.05, 3.63) is 109 Å². The molecule has 2 aromatic carbocycles. The van der Waals surface area contributed by atoms with Gasteiger partial charge in [-0.05, 0) is 47.2 Å². The molecule has 0 aliphatic carbocycles. The molecule has 36 heavy (non-hydrogen) atoms. The van der Waals surface area contributed by atoms with Gasteiger partial charge in [0.05, 0.1) is 29.0 Å². The monoisotopic (exact) mass is 502 g/mol. The number of fused-ring (bicyclic) bond motifs is 1. The minimum absolute atomic E-state index is 0.0460. The maximum absolute atomic E-state index is 13.7. The van der Waals surface area contributed by atoms with Crippen molar-refractivity contribution < 1.29 is 14.3 Å². The molecular weight excluding hydrogens is 472 g/mol. The number of ether oxygens (including phenoxy) is 2. The van der Waals surface area contributed by atoms with Crippen LogP contribution in [0.1, 0.15) is 50.4 Å². The van der Waals surface area contributed by atoms with Gasteiger partial charge in [-0.3, -0.25) is 9.36 Å². The predicted molar refractivity (Wildman–Crippen MR) is 143 cm³/mol. The molecule has 3 aromatic rings. The lowest BCUT2D eigenvalue weighted by Crippen LogP contribution is -2.39. The zero-order chi connectivity index (χ0) is 26.0. The smallest absolute Gasteiger partial charge is 0.338 e. The number of nitrogens with zero attached hydrogens (tertiary/aromatic N) is 2. The average Bonchev–Trinajstić information content (AvgIpc) is 3.15. The fraction of sp³-hybridized carbons (Fsp3) is 0.276. The second-order valence-corrected chi connectivity index (χ2v) is 10.6. The van der Waals surface area contributed by atoms with Gasteiger partial charge >= 0.3 is 5.97 Å². The number of allylic oxidation sites excluding steroid dienone is 1. The van der Waals surface area contributed by atoms with Crippen molar-refractivity contribution in [2.45, 2.75) is 39.2 Å². The third kappa shape index (κ3) is 4.97. The van der Waals surface area contributed by atoms with E-state index in [4.69, 9.17) is 9.47 Å². The van der Waals surface area contributed by atoms with Gasteiger partial charge in [0.25, 0.3) is 5.56 Å². The van der Waals surface area contributed by atoms with Gasteiger partial charge in [-0.15, -0.1) is 0 Å². The molecule has 1 atom stereocenters. The van der Waals surface area contributed by atoms with Crippen LogP contribution in [-0.2, 0) is 14.9 Å². The minimum Gasteiger partial charge on any atom is -0.497 e. The largest absolute Gasteiger partial charge is 0.497 e. The third-order valence-electron chi connectivity index (χ3n) is 6.08. The van der Waals surface area contributed by atoms with Gasteiger partial charge in [0, 0.05) is 0 Å². The summed E-state index contributed by atoms with van der Waals surface area (Å²) in [4.78, 5) is 31.9. The molecule has 6 nitrogen and oxygen atoms in total. The van der Waals surface area contributed by atoms with E-state index in [-0.39, 0.29) is 17.6 Å². The maximum Gasteiger partial charge on any atom is 0.338 e. The van der Waals surface area contributed by atoms with Crippen LogP contribution in [0.25, 0.3) is 6.08 Å². The molecule has 0 radical (unpaired) electrons. The number of benzene rings is 2. The number of rotatable bonds is 6. The topological polar surface area (TPSA) is 69.9 Å². The predicted octanol–water partition coefficient (Wildman–Crippen LogP) is 4.27. The quantitative estimate of drug-likeness (QED) is 0.373. The summed E-state index contributed by atoms with van der Waals surface area (Å²) in [6.07, 6.45) is 3.38. The molecular formula is C29H30N2O4S. The standard InChI is InChI=1S/C29H30N2O4S/c1-7-16-35-27(33)24-18(2)30-28-31(25(24)20-10-14-22(34-6)15-11-20)26(32)23(36-28)17-19-8-12-21(13-9-19)29(3,4)5/h7-15,17,25H,1,16H2,2-6H3/b23-17+. The molecule has 1 aliphatic rings. The van der Waals surface area contributed by atoms with Crippen molar-refractivity contribution in [1.82, 2.24) is 4.57 Å². The Balaban J connectivity index is 1.87. The second kappa shape index (κ2) is 10.1. The van der Waals surface area contributed by atoms with Gasteiger partial charge in [-0.2, -0.15) is 0 Å². The molecule has 1 aromatic heterocycles. The number of thiazole rings is 1. The number of carbonyl (C=O) groups excluding carboxylic acids is 1. The van der Waals surface area contributed by atoms with Crippen LogP contribution in [0.4, 0.5) is 0 Å². The van der Waals surface area contributed by atoms with Crippen molar-refractivity contribution in [2.75, 3.05) is 13.7 Å². The molecule has 4 rings (SSSR count). The first-order valence-corrected chi connectivity index (χ1v) is 12.5. The Hall–Kier alpha value is -3.71. The number of hydrogen-bond acceptors (Lipinski definition) is 6. The van der Waals surface area contributed by atoms with Crippen molar-refractivity contribution in [3.8, 4) is 5.75 Å². The zero-order valence-electron chi connectivity index (χ0n) is 21.2. The lowest BCUT2D eigenvalue weighted by Gasteiger charge is -2.24. The van der Waals surface area contributed by atoms with Gasteiger partial charge in [-0.1, -0.05) is 81.2 Å². The van der Waals surface area contributed by atoms with Crippen LogP contribution in [0.2, 0.25) is 0 Å². The van der Waals surface area contributed by atoms with Crippen molar-refractivity contribution >= 4 is 23.4 Å². The van der Waals surface area contributed by atoms with Gasteiger partial charge in [0.2, 0.25) is 0 Å². The Labute approximate surface area is 214 Å². The van der Waals surface area contributed by atoms with Crippen LogP contribution < -0.4 is 19.6 Å². The molecule has 0 spiro atoms. The molecule has 2 heterocycles. The van der Waals surface area contributed by atoms with E-state index in [1.54, 1.807) is 18.6 Å². The Morgan fingerprint density at radius 3 is 2.39 bits per heavy atom. The molecule has 7 heteroatoms. The van der Waals surface area contributed by atoms with Crippen molar-refractivity contribution in [1.29, 1.82) is 0 Å². The molecule has 186 valence electrons. The number of esters is 1. The summed E-state index contributed by atoms with van der Waals surface area (Å²) in [6, 6.07) is 14.9. The van der Waals surface area contributed by atoms with Gasteiger partial charge in [0.15, 0.2) is 4.80 Å². The van der Waals surface area contributed by atoms with Gasteiger partial charge < -0.3 is 9.47 Å². The molecule has 1 aliphatic heterocycles. The molecule has 0 bridgehead atoms. The van der Waals surface area contributed by atoms with E-state index in [2.05, 4.69) is 44.5 Å². The van der Waals surface area contributed by atoms with Crippen LogP contribution in [0.15, 0.2) is 82.2 Å². The highest BCUT2D eigenvalue weighted by atomic mass is 32.1. The van der Waals surface area contributed by atoms with E-state index < -0.39 is 12.0 Å². The first kappa shape index (κ1) is 25.4. The third-order valence-corrected chi connectivity index (χ3v) is 7.06. The SMILES string of the molecule is C=CCOC(=O)C1=C(C)N=c2s/c(=C/c3ccc(C(C)(C)C)cc3)c(=O)n2C1c1ccc(OC)cc1. The van der Waals surface area contributed by atoms with E-state index in [0.717, 1.165) is 11.1 Å². The number of aromatic nitrogens is 1. The summed E-state index contributed by atoms with van der Waals surface area (Å²) in [5.41, 5.74) is 3.60. The molecule has 0 fully saturated rings. The Kier molecular flexibility index (Phi) is 7.13. The second-order valence-electron chi connectivity index (χ2n) is 9.61. The van der Waals surface area contributed by atoms with Crippen LogP contribution in [0.5, 0.6) is 5.75 Å². The van der Waals surface area contributed by atoms with Crippen molar-refractivity contribution in [3.63, 3.8) is 0 Å². The van der Waals surface area contributed by atoms with E-state index >= 15 is 0 Å². The molecule has 0 saturated heterocycles. The Bertz CT molecular complexity index is 1500. The number of methoxy groups -OCH3 is 1. The fourth-order valence-electron chi connectivity index (χ4n) is 4.13. The first-order valence-electron chi connectivity index (χ1n) is 11.7. The molecule has 1 unspecified atom stereocenters. The molecule has 0 N–H and O–H groups in total. The Morgan fingerprint density at radius 2 is 1.81 bits per heavy atom. The van der Waals surface area contributed by atoms with E-state index in [1.807, 2.05) is 42.5 Å². The minimum atomic E-state index is -0.671. The fourth-order valence-corrected chi connectivity index (χ4v) is 5.17. The van der Waals surface area contributed by atoms with E-state index in [0.29, 0.717) is 26.4 Å². The van der Waals surface area contributed by atoms with Crippen LogP contribution in [0, 0.1) is 0 Å². The van der Waals surface area contributed by atoms with Gasteiger partial charge in [0.1, 0.15) is 12.4 Å². The van der Waals surface area contributed by atoms with Crippen LogP contribution >= 0.6 is 11.3 Å². The lowest BCUT2D eigenvalue weighted by atomic mass is 9.87.